The Bertz CT molecular complexity index is 1080. The molecule has 2 aromatic rings. The molecular weight excluding hydrogens is 416 g/mol. The van der Waals surface area contributed by atoms with Gasteiger partial charge >= 0.3 is 6.09 Å². The Balaban J connectivity index is 1.51. The number of carbonyl (C=O) groups excluding carboxylic acids is 1. The van der Waals surface area contributed by atoms with Crippen LogP contribution < -0.4 is 5.56 Å². The molecule has 1 saturated carbocycles. The molecule has 30 heavy (non-hydrogen) atoms. The van der Waals surface area contributed by atoms with E-state index in [1.54, 1.807) is 25.7 Å². The van der Waals surface area contributed by atoms with Crippen LogP contribution in [0.4, 0.5) is 13.6 Å². The van der Waals surface area contributed by atoms with Crippen LogP contribution >= 0.6 is 11.6 Å². The highest BCUT2D eigenvalue weighted by atomic mass is 35.5. The van der Waals surface area contributed by atoms with Crippen LogP contribution in [0, 0.1) is 11.3 Å². The molecule has 4 rings (SSSR count). The Hall–Kier alpha value is -2.22. The number of halogens is 3. The molecule has 1 aliphatic carbocycles. The first-order valence-electron chi connectivity index (χ1n) is 9.84. The van der Waals surface area contributed by atoms with E-state index in [1.165, 1.54) is 25.4 Å². The van der Waals surface area contributed by atoms with Crippen LogP contribution in [0.1, 0.15) is 39.2 Å². The number of rotatable bonds is 2. The molecule has 6 nitrogen and oxygen atoms in total. The number of aromatic nitrogens is 2. The Labute approximate surface area is 177 Å². The third-order valence-electron chi connectivity index (χ3n) is 6.00. The van der Waals surface area contributed by atoms with E-state index >= 15 is 8.78 Å². The maximum atomic E-state index is 15.4. The fourth-order valence-electron chi connectivity index (χ4n) is 4.53. The number of fused-ring (bicyclic) bond motifs is 1. The first-order chi connectivity index (χ1) is 13.8. The number of amides is 1. The maximum Gasteiger partial charge on any atom is 0.410 e. The Kier molecular flexibility index (Phi) is 4.65. The summed E-state index contributed by atoms with van der Waals surface area (Å²) < 4.78 is 37.2. The van der Waals surface area contributed by atoms with Gasteiger partial charge in [-0.15, -0.1) is 0 Å². The normalized spacial score (nSPS) is 19.0. The molecule has 2 aliphatic rings. The van der Waals surface area contributed by atoms with Gasteiger partial charge in [-0.1, -0.05) is 17.7 Å². The lowest BCUT2D eigenvalue weighted by Crippen LogP contribution is -2.65. The first kappa shape index (κ1) is 21.0. The van der Waals surface area contributed by atoms with E-state index < -0.39 is 29.1 Å². The predicted octanol–water partition coefficient (Wildman–Crippen LogP) is 4.33. The minimum absolute atomic E-state index is 0.0557. The number of carbonyl (C=O) groups is 1. The lowest BCUT2D eigenvalue weighted by Gasteiger charge is -2.59. The highest BCUT2D eigenvalue weighted by molar-refractivity contribution is 6.35. The smallest absolute Gasteiger partial charge is 0.410 e. The topological polar surface area (TPSA) is 64.4 Å². The lowest BCUT2D eigenvalue weighted by molar-refractivity contribution is -0.180. The molecule has 0 radical (unpaired) electrons. The molecule has 0 unspecified atom stereocenters. The van der Waals surface area contributed by atoms with Gasteiger partial charge in [0.05, 0.1) is 16.6 Å². The predicted molar refractivity (Wildman–Crippen MR) is 109 cm³/mol. The van der Waals surface area contributed by atoms with Crippen molar-refractivity contribution in [2.24, 2.45) is 18.4 Å². The minimum Gasteiger partial charge on any atom is -0.444 e. The monoisotopic (exact) mass is 439 g/mol. The van der Waals surface area contributed by atoms with Crippen LogP contribution in [0.15, 0.2) is 23.1 Å². The van der Waals surface area contributed by atoms with Gasteiger partial charge in [0.1, 0.15) is 5.60 Å². The van der Waals surface area contributed by atoms with Gasteiger partial charge in [-0.25, -0.2) is 18.3 Å². The van der Waals surface area contributed by atoms with Gasteiger partial charge < -0.3 is 9.64 Å². The van der Waals surface area contributed by atoms with Gasteiger partial charge in [0, 0.05) is 42.4 Å². The summed E-state index contributed by atoms with van der Waals surface area (Å²) in [5.41, 5.74) is -1.60. The van der Waals surface area contributed by atoms with Crippen LogP contribution in [0.25, 0.3) is 10.8 Å². The summed E-state index contributed by atoms with van der Waals surface area (Å²) in [5.74, 6) is -4.00. The number of hydrogen-bond acceptors (Lipinski definition) is 4. The highest BCUT2D eigenvalue weighted by Gasteiger charge is 2.61. The third-order valence-corrected chi connectivity index (χ3v) is 6.31. The standard InChI is InChI=1S/C21H24ClF2N3O3/c1-19(2,3)30-18(29)27-10-20(11-27)7-12(8-20)21(23,24)14-5-6-15(22)16-13(14)9-25-26(4)17(16)28/h5-6,9,12H,7-8,10-11H2,1-4H3. The van der Waals surface area contributed by atoms with Crippen molar-refractivity contribution in [3.63, 3.8) is 0 Å². The second-order valence-electron chi connectivity index (χ2n) is 9.52. The van der Waals surface area contributed by atoms with Crippen molar-refractivity contribution >= 4 is 28.5 Å². The fourth-order valence-corrected chi connectivity index (χ4v) is 4.78. The molecule has 0 atom stereocenters. The van der Waals surface area contributed by atoms with E-state index in [0.29, 0.717) is 25.9 Å². The van der Waals surface area contributed by atoms with E-state index in [1.807, 2.05) is 0 Å². The van der Waals surface area contributed by atoms with Crippen molar-refractivity contribution in [2.75, 3.05) is 13.1 Å². The van der Waals surface area contributed by atoms with Gasteiger partial charge in [-0.3, -0.25) is 4.79 Å². The van der Waals surface area contributed by atoms with E-state index in [0.717, 1.165) is 4.68 Å². The number of benzene rings is 1. The second-order valence-corrected chi connectivity index (χ2v) is 9.93. The summed E-state index contributed by atoms with van der Waals surface area (Å²) in [6, 6.07) is 2.63. The number of ether oxygens (including phenoxy) is 1. The molecule has 162 valence electrons. The van der Waals surface area contributed by atoms with Gasteiger partial charge in [-0.2, -0.15) is 5.10 Å². The summed E-state index contributed by atoms with van der Waals surface area (Å²) in [4.78, 5) is 26.0. The molecule has 2 fully saturated rings. The zero-order valence-corrected chi connectivity index (χ0v) is 18.1. The summed E-state index contributed by atoms with van der Waals surface area (Å²) in [6.45, 7) is 6.23. The molecule has 1 aliphatic heterocycles. The molecule has 0 bridgehead atoms. The summed E-state index contributed by atoms with van der Waals surface area (Å²) in [6.07, 6.45) is 1.48. The fraction of sp³-hybridized carbons (Fsp3) is 0.571. The number of alkyl halides is 2. The molecule has 1 amide bonds. The SMILES string of the molecule is Cn1ncc2c(C(F)(F)C3CC4(C3)CN(C(=O)OC(C)(C)C)C4)ccc(Cl)c2c1=O. The van der Waals surface area contributed by atoms with Crippen LogP contribution in [0.5, 0.6) is 0 Å². The molecular formula is C21H24ClF2N3O3. The van der Waals surface area contributed by atoms with Gasteiger partial charge in [0.15, 0.2) is 0 Å². The molecule has 1 aromatic heterocycles. The number of likely N-dealkylation sites (tertiary alicyclic amines) is 1. The molecule has 1 spiro atoms. The number of nitrogens with zero attached hydrogens (tertiary/aromatic N) is 3. The van der Waals surface area contributed by atoms with Crippen LogP contribution in [0.3, 0.4) is 0 Å². The van der Waals surface area contributed by atoms with Crippen molar-refractivity contribution in [2.45, 2.75) is 45.1 Å². The van der Waals surface area contributed by atoms with Crippen LogP contribution in [-0.4, -0.2) is 39.5 Å². The van der Waals surface area contributed by atoms with Crippen LogP contribution in [-0.2, 0) is 17.7 Å². The third kappa shape index (κ3) is 3.35. The molecule has 0 N–H and O–H groups in total. The van der Waals surface area contributed by atoms with Crippen LogP contribution in [0.2, 0.25) is 5.02 Å². The van der Waals surface area contributed by atoms with Gasteiger partial charge in [0.25, 0.3) is 11.5 Å². The summed E-state index contributed by atoms with van der Waals surface area (Å²) in [7, 11) is 1.45. The summed E-state index contributed by atoms with van der Waals surface area (Å²) in [5, 5.41) is 4.16. The average Bonchev–Trinajstić information content (AvgIpc) is 2.53. The molecule has 1 aromatic carbocycles. The van der Waals surface area contributed by atoms with Crippen molar-refractivity contribution in [3.8, 4) is 0 Å². The van der Waals surface area contributed by atoms with Crippen molar-refractivity contribution in [1.29, 1.82) is 0 Å². The Morgan fingerprint density at radius 3 is 2.50 bits per heavy atom. The zero-order valence-electron chi connectivity index (χ0n) is 17.3. The van der Waals surface area contributed by atoms with E-state index in [4.69, 9.17) is 16.3 Å². The quantitative estimate of drug-likeness (QED) is 0.698. The number of aryl methyl sites for hydroxylation is 1. The van der Waals surface area contributed by atoms with E-state index in [-0.39, 0.29) is 26.8 Å². The van der Waals surface area contributed by atoms with Gasteiger partial charge in [-0.05, 0) is 39.7 Å². The molecule has 2 heterocycles. The van der Waals surface area contributed by atoms with E-state index in [9.17, 15) is 9.59 Å². The highest BCUT2D eigenvalue weighted by Crippen LogP contribution is 2.59. The van der Waals surface area contributed by atoms with Crippen molar-refractivity contribution in [3.05, 3.63) is 39.3 Å². The lowest BCUT2D eigenvalue weighted by atomic mass is 9.55. The summed E-state index contributed by atoms with van der Waals surface area (Å²) >= 11 is 6.12. The largest absolute Gasteiger partial charge is 0.444 e. The second kappa shape index (κ2) is 6.64. The molecule has 1 saturated heterocycles. The van der Waals surface area contributed by atoms with Crippen molar-refractivity contribution < 1.29 is 18.3 Å². The zero-order chi connectivity index (χ0) is 22.1. The number of hydrogen-bond donors (Lipinski definition) is 0. The van der Waals surface area contributed by atoms with Gasteiger partial charge in [0.2, 0.25) is 0 Å². The Morgan fingerprint density at radius 2 is 1.90 bits per heavy atom. The first-order valence-corrected chi connectivity index (χ1v) is 10.2. The van der Waals surface area contributed by atoms with Crippen molar-refractivity contribution in [1.82, 2.24) is 14.7 Å². The molecule has 9 heteroatoms. The Morgan fingerprint density at radius 1 is 1.27 bits per heavy atom. The van der Waals surface area contributed by atoms with E-state index in [2.05, 4.69) is 5.10 Å². The maximum absolute atomic E-state index is 15.4. The minimum atomic E-state index is -3.13. The average molecular weight is 440 g/mol.